The van der Waals surface area contributed by atoms with Gasteiger partial charge >= 0.3 is 0 Å². The fourth-order valence-corrected chi connectivity index (χ4v) is 7.67. The smallest absolute Gasteiger partial charge is 0.0979 e. The molecule has 0 bridgehead atoms. The normalized spacial score (nSPS) is 14.6. The second kappa shape index (κ2) is 12.2. The van der Waals surface area contributed by atoms with Crippen LogP contribution in [0.4, 0.5) is 17.1 Å². The Balaban J connectivity index is 1.18. The molecule has 0 saturated carbocycles. The summed E-state index contributed by atoms with van der Waals surface area (Å²) in [5, 5.41) is 4.80. The Labute approximate surface area is 303 Å². The highest BCUT2D eigenvalue weighted by Crippen LogP contribution is 2.44. The second-order valence-corrected chi connectivity index (χ2v) is 13.5. The van der Waals surface area contributed by atoms with Crippen molar-refractivity contribution in [2.75, 3.05) is 4.90 Å². The predicted molar refractivity (Wildman–Crippen MR) is 218 cm³/mol. The summed E-state index contributed by atoms with van der Waals surface area (Å²) in [6.07, 6.45) is 0. The summed E-state index contributed by atoms with van der Waals surface area (Å²) in [7, 11) is 0. The number of hydrogen-bond donors (Lipinski definition) is 0. The molecular formula is C49H33N3. The van der Waals surface area contributed by atoms with Crippen molar-refractivity contribution in [3.05, 3.63) is 221 Å². The molecule has 0 unspecified atom stereocenters. The monoisotopic (exact) mass is 663 g/mol. The summed E-state index contributed by atoms with van der Waals surface area (Å²) in [5.74, 6) is 0. The maximum atomic E-state index is 5.53. The third kappa shape index (κ3) is 5.06. The average molecular weight is 664 g/mol. The first-order valence-electron chi connectivity index (χ1n) is 17.7. The van der Waals surface area contributed by atoms with Gasteiger partial charge in [-0.15, -0.1) is 0 Å². The maximum absolute atomic E-state index is 5.53. The van der Waals surface area contributed by atoms with Crippen molar-refractivity contribution in [2.24, 2.45) is 9.98 Å². The molecule has 0 radical (unpaired) electrons. The summed E-state index contributed by atoms with van der Waals surface area (Å²) in [5.41, 5.74) is 15.0. The summed E-state index contributed by atoms with van der Waals surface area (Å²) >= 11 is 0. The molecule has 3 heteroatoms. The zero-order valence-electron chi connectivity index (χ0n) is 28.7. The van der Waals surface area contributed by atoms with Crippen LogP contribution in [0.1, 0.15) is 38.9 Å². The molecule has 52 heavy (non-hydrogen) atoms. The highest BCUT2D eigenvalue weighted by Gasteiger charge is 2.31. The Hall–Kier alpha value is -6.84. The van der Waals surface area contributed by atoms with Gasteiger partial charge in [0.15, 0.2) is 0 Å². The van der Waals surface area contributed by atoms with Crippen LogP contribution in [-0.4, -0.2) is 11.4 Å². The van der Waals surface area contributed by atoms with E-state index in [1.165, 1.54) is 27.1 Å². The van der Waals surface area contributed by atoms with E-state index in [1.807, 2.05) is 0 Å². The van der Waals surface area contributed by atoms with Crippen LogP contribution in [0.15, 0.2) is 192 Å². The third-order valence-electron chi connectivity index (χ3n) is 10.2. The lowest BCUT2D eigenvalue weighted by Gasteiger charge is -2.25. The molecule has 0 spiro atoms. The zero-order valence-corrected chi connectivity index (χ0v) is 28.7. The van der Waals surface area contributed by atoms with Gasteiger partial charge in [0.2, 0.25) is 0 Å². The van der Waals surface area contributed by atoms with Crippen molar-refractivity contribution in [1.29, 1.82) is 0 Å². The quantitative estimate of drug-likeness (QED) is 0.180. The van der Waals surface area contributed by atoms with Crippen molar-refractivity contribution in [3.63, 3.8) is 0 Å². The molecule has 0 aliphatic carbocycles. The van der Waals surface area contributed by atoms with Gasteiger partial charge in [-0.1, -0.05) is 127 Å². The number of aryl methyl sites for hydroxylation is 1. The van der Waals surface area contributed by atoms with E-state index in [0.29, 0.717) is 0 Å². The number of anilines is 3. The molecule has 2 heterocycles. The zero-order chi connectivity index (χ0) is 34.6. The largest absolute Gasteiger partial charge is 0.311 e. The summed E-state index contributed by atoms with van der Waals surface area (Å²) in [4.78, 5) is 13.3. The van der Waals surface area contributed by atoms with Crippen LogP contribution < -0.4 is 4.90 Å². The SMILES string of the molecule is Cc1ccc2cc3c(cc2c1)/C(=C1\N=C(c2ccccc2)c2cc4ccccc4cc21)N=C3c1ccc(N(c2ccccc2)c2ccccc2)cc1. The number of benzene rings is 8. The number of rotatable bonds is 5. The molecule has 244 valence electrons. The number of fused-ring (bicyclic) bond motifs is 4. The van der Waals surface area contributed by atoms with Crippen LogP contribution in [0.5, 0.6) is 0 Å². The lowest BCUT2D eigenvalue weighted by molar-refractivity contribution is 1.28. The first-order chi connectivity index (χ1) is 25.7. The molecule has 2 aliphatic rings. The molecule has 3 nitrogen and oxygen atoms in total. The lowest BCUT2D eigenvalue weighted by Crippen LogP contribution is -2.10. The summed E-state index contributed by atoms with van der Waals surface area (Å²) in [6, 6.07) is 64.8. The van der Waals surface area contributed by atoms with Crippen molar-refractivity contribution in [1.82, 2.24) is 0 Å². The van der Waals surface area contributed by atoms with Crippen molar-refractivity contribution in [2.45, 2.75) is 6.92 Å². The molecule has 0 N–H and O–H groups in total. The molecule has 0 fully saturated rings. The minimum absolute atomic E-state index is 0.912. The predicted octanol–water partition coefficient (Wildman–Crippen LogP) is 12.3. The minimum Gasteiger partial charge on any atom is -0.311 e. The fraction of sp³-hybridized carbons (Fsp3) is 0.0204. The topological polar surface area (TPSA) is 28.0 Å². The highest BCUT2D eigenvalue weighted by atomic mass is 15.1. The van der Waals surface area contributed by atoms with Crippen LogP contribution in [0.3, 0.4) is 0 Å². The van der Waals surface area contributed by atoms with E-state index in [0.717, 1.165) is 73.3 Å². The van der Waals surface area contributed by atoms with E-state index in [1.54, 1.807) is 0 Å². The van der Waals surface area contributed by atoms with Gasteiger partial charge in [-0.3, -0.25) is 0 Å². The first-order valence-corrected chi connectivity index (χ1v) is 17.7. The van der Waals surface area contributed by atoms with E-state index in [-0.39, 0.29) is 0 Å². The van der Waals surface area contributed by atoms with E-state index >= 15 is 0 Å². The number of aliphatic imine (C=N–C) groups is 2. The second-order valence-electron chi connectivity index (χ2n) is 13.5. The first kappa shape index (κ1) is 30.0. The Morgan fingerprint density at radius 3 is 1.33 bits per heavy atom. The molecule has 8 aromatic carbocycles. The van der Waals surface area contributed by atoms with E-state index in [2.05, 4.69) is 194 Å². The molecule has 10 rings (SSSR count). The van der Waals surface area contributed by atoms with Gasteiger partial charge in [-0.25, -0.2) is 9.98 Å². The number of nitrogens with zero attached hydrogens (tertiary/aromatic N) is 3. The van der Waals surface area contributed by atoms with Crippen LogP contribution in [-0.2, 0) is 0 Å². The van der Waals surface area contributed by atoms with Gasteiger partial charge in [0.05, 0.1) is 22.8 Å². The van der Waals surface area contributed by atoms with Gasteiger partial charge in [-0.05, 0) is 89.1 Å². The number of hydrogen-bond acceptors (Lipinski definition) is 3. The molecule has 0 atom stereocenters. The Morgan fingerprint density at radius 2 is 0.769 bits per heavy atom. The fourth-order valence-electron chi connectivity index (χ4n) is 7.67. The number of para-hydroxylation sites is 2. The molecule has 2 aliphatic heterocycles. The van der Waals surface area contributed by atoms with Crippen molar-refractivity contribution in [3.8, 4) is 0 Å². The third-order valence-corrected chi connectivity index (χ3v) is 10.2. The van der Waals surface area contributed by atoms with Crippen LogP contribution in [0.25, 0.3) is 32.9 Å². The Kier molecular flexibility index (Phi) is 7.04. The van der Waals surface area contributed by atoms with Crippen LogP contribution in [0, 0.1) is 6.92 Å². The minimum atomic E-state index is 0.912. The lowest BCUT2D eigenvalue weighted by atomic mass is 9.92. The molecule has 0 amide bonds. The molecule has 8 aromatic rings. The van der Waals surface area contributed by atoms with Gasteiger partial charge in [0.25, 0.3) is 0 Å². The molecule has 0 aromatic heterocycles. The average Bonchev–Trinajstić information content (AvgIpc) is 3.75. The van der Waals surface area contributed by atoms with Crippen molar-refractivity contribution >= 4 is 61.4 Å². The Morgan fingerprint density at radius 1 is 0.346 bits per heavy atom. The Bertz CT molecular complexity index is 2720. The van der Waals surface area contributed by atoms with E-state index in [4.69, 9.17) is 9.98 Å². The van der Waals surface area contributed by atoms with E-state index < -0.39 is 0 Å². The highest BCUT2D eigenvalue weighted by molar-refractivity contribution is 6.28. The van der Waals surface area contributed by atoms with E-state index in [9.17, 15) is 0 Å². The molecule has 0 saturated heterocycles. The summed E-state index contributed by atoms with van der Waals surface area (Å²) in [6.45, 7) is 2.15. The van der Waals surface area contributed by atoms with Crippen LogP contribution >= 0.6 is 0 Å². The van der Waals surface area contributed by atoms with Crippen LogP contribution in [0.2, 0.25) is 0 Å². The standard InChI is InChI=1S/C49H33N3/c1-32-21-22-37-30-43-45(31-38(37)27-32)49(48-44-29-36-16-12-11-15-35(36)28-42(44)46(50-48)33-13-5-2-6-14-33)51-47(43)34-23-25-41(26-24-34)52(39-17-7-3-8-18-39)40-19-9-4-10-20-40/h2-31H,1H3/b49-48+. The van der Waals surface area contributed by atoms with Gasteiger partial charge < -0.3 is 4.90 Å². The van der Waals surface area contributed by atoms with Crippen molar-refractivity contribution < 1.29 is 0 Å². The van der Waals surface area contributed by atoms with Gasteiger partial charge in [-0.2, -0.15) is 0 Å². The maximum Gasteiger partial charge on any atom is 0.0979 e. The van der Waals surface area contributed by atoms with Gasteiger partial charge in [0, 0.05) is 50.4 Å². The van der Waals surface area contributed by atoms with Gasteiger partial charge in [0.1, 0.15) is 0 Å². The summed E-state index contributed by atoms with van der Waals surface area (Å²) < 4.78 is 0. The molecular weight excluding hydrogens is 631 g/mol.